The van der Waals surface area contributed by atoms with Gasteiger partial charge in [-0.2, -0.15) is 0 Å². The predicted octanol–water partition coefficient (Wildman–Crippen LogP) is 2.34. The Bertz CT molecular complexity index is 403. The second-order valence-corrected chi connectivity index (χ2v) is 6.47. The number of halogens is 1. The maximum atomic E-state index is 9.57. The fraction of sp³-hybridized carbons (Fsp3) is 0.818. The molecule has 0 radical (unpaired) electrons. The van der Waals surface area contributed by atoms with Gasteiger partial charge in [-0.1, -0.05) is 27.7 Å². The summed E-state index contributed by atoms with van der Waals surface area (Å²) in [7, 11) is 0. The monoisotopic (exact) mass is 317 g/mol. The molecule has 0 saturated heterocycles. The minimum atomic E-state index is -0.311. The van der Waals surface area contributed by atoms with E-state index in [1.54, 1.807) is 11.8 Å². The van der Waals surface area contributed by atoms with Gasteiger partial charge in [0.2, 0.25) is 0 Å². The molecule has 1 heterocycles. The molecule has 1 aromatic rings. The van der Waals surface area contributed by atoms with Crippen LogP contribution >= 0.6 is 27.7 Å². The molecule has 3 rings (SSSR count). The first-order valence-corrected chi connectivity index (χ1v) is 8.22. The number of alkyl halides is 1. The molecule has 0 aromatic carbocycles. The fourth-order valence-electron chi connectivity index (χ4n) is 1.90. The summed E-state index contributed by atoms with van der Waals surface area (Å²) in [5.74, 6) is 2.52. The molecule has 0 bridgehead atoms. The minimum Gasteiger partial charge on any atom is -0.391 e. The van der Waals surface area contributed by atoms with Gasteiger partial charge in [-0.3, -0.25) is 0 Å². The number of aromatic nitrogens is 3. The van der Waals surface area contributed by atoms with Crippen LogP contribution in [0.3, 0.4) is 0 Å². The molecule has 1 atom stereocenters. The summed E-state index contributed by atoms with van der Waals surface area (Å²) in [5, 5.41) is 19.8. The second-order valence-electron chi connectivity index (χ2n) is 4.84. The van der Waals surface area contributed by atoms with Crippen LogP contribution in [0.5, 0.6) is 0 Å². The van der Waals surface area contributed by atoms with Gasteiger partial charge >= 0.3 is 0 Å². The van der Waals surface area contributed by atoms with Crippen molar-refractivity contribution in [3.63, 3.8) is 0 Å². The van der Waals surface area contributed by atoms with Gasteiger partial charge in [-0.15, -0.1) is 10.2 Å². The zero-order valence-electron chi connectivity index (χ0n) is 9.55. The van der Waals surface area contributed by atoms with Crippen LogP contribution in [0.1, 0.15) is 43.5 Å². The molecule has 2 saturated carbocycles. The van der Waals surface area contributed by atoms with Crippen molar-refractivity contribution >= 4 is 27.7 Å². The van der Waals surface area contributed by atoms with Crippen molar-refractivity contribution in [2.24, 2.45) is 0 Å². The molecule has 17 heavy (non-hydrogen) atoms. The van der Waals surface area contributed by atoms with Crippen molar-refractivity contribution in [2.45, 2.75) is 48.9 Å². The predicted molar refractivity (Wildman–Crippen MR) is 70.8 cm³/mol. The third-order valence-electron chi connectivity index (χ3n) is 3.13. The summed E-state index contributed by atoms with van der Waals surface area (Å²) in [6.45, 7) is 0. The molecular formula is C11H16BrN3OS. The first-order chi connectivity index (χ1) is 8.29. The van der Waals surface area contributed by atoms with Crippen molar-refractivity contribution in [3.8, 4) is 0 Å². The third-order valence-corrected chi connectivity index (χ3v) is 4.96. The lowest BCUT2D eigenvalue weighted by atomic mass is 10.4. The maximum absolute atomic E-state index is 9.57. The van der Waals surface area contributed by atoms with E-state index in [2.05, 4.69) is 30.7 Å². The van der Waals surface area contributed by atoms with Gasteiger partial charge in [0.15, 0.2) is 5.16 Å². The highest BCUT2D eigenvalue weighted by Gasteiger charge is 2.36. The molecule has 6 heteroatoms. The van der Waals surface area contributed by atoms with E-state index in [1.165, 1.54) is 31.5 Å². The van der Waals surface area contributed by atoms with Gasteiger partial charge in [0.25, 0.3) is 0 Å². The van der Waals surface area contributed by atoms with Crippen LogP contribution in [0.25, 0.3) is 0 Å². The number of nitrogens with zero attached hydrogens (tertiary/aromatic N) is 3. The first kappa shape index (κ1) is 12.0. The van der Waals surface area contributed by atoms with E-state index in [1.807, 2.05) is 0 Å². The summed E-state index contributed by atoms with van der Waals surface area (Å²) < 4.78 is 2.32. The molecule has 0 amide bonds. The van der Waals surface area contributed by atoms with Crippen LogP contribution in [0.4, 0.5) is 0 Å². The molecule has 1 unspecified atom stereocenters. The van der Waals surface area contributed by atoms with E-state index >= 15 is 0 Å². The number of rotatable bonds is 6. The van der Waals surface area contributed by atoms with Gasteiger partial charge in [0.05, 0.1) is 6.10 Å². The fourth-order valence-corrected chi connectivity index (χ4v) is 3.37. The number of hydrogen-bond acceptors (Lipinski definition) is 4. The normalized spacial score (nSPS) is 21.8. The largest absolute Gasteiger partial charge is 0.391 e. The highest BCUT2D eigenvalue weighted by atomic mass is 79.9. The average molecular weight is 318 g/mol. The van der Waals surface area contributed by atoms with Gasteiger partial charge in [0.1, 0.15) is 5.82 Å². The van der Waals surface area contributed by atoms with Crippen LogP contribution in [-0.2, 0) is 0 Å². The molecule has 4 nitrogen and oxygen atoms in total. The number of aliphatic hydroxyl groups is 1. The van der Waals surface area contributed by atoms with Crippen LogP contribution in [0, 0.1) is 0 Å². The summed E-state index contributed by atoms with van der Waals surface area (Å²) in [6.07, 6.45) is 4.73. The van der Waals surface area contributed by atoms with E-state index < -0.39 is 0 Å². The van der Waals surface area contributed by atoms with E-state index in [4.69, 9.17) is 0 Å². The van der Waals surface area contributed by atoms with Crippen molar-refractivity contribution in [3.05, 3.63) is 5.82 Å². The number of aliphatic hydroxyl groups excluding tert-OH is 1. The zero-order valence-corrected chi connectivity index (χ0v) is 12.0. The molecule has 0 aliphatic heterocycles. The Morgan fingerprint density at radius 2 is 2.12 bits per heavy atom. The highest BCUT2D eigenvalue weighted by molar-refractivity contribution is 9.09. The Balaban J connectivity index is 1.74. The SMILES string of the molecule is OC(CBr)CSc1nnc(C2CC2)n1C1CC1. The highest BCUT2D eigenvalue weighted by Crippen LogP contribution is 2.45. The van der Waals surface area contributed by atoms with Crippen LogP contribution in [-0.4, -0.2) is 37.1 Å². The van der Waals surface area contributed by atoms with Crippen LogP contribution in [0.15, 0.2) is 5.16 Å². The van der Waals surface area contributed by atoms with Crippen molar-refractivity contribution in [1.82, 2.24) is 14.8 Å². The van der Waals surface area contributed by atoms with Crippen LogP contribution < -0.4 is 0 Å². The molecule has 2 aliphatic carbocycles. The summed E-state index contributed by atoms with van der Waals surface area (Å²) in [6, 6.07) is 0.629. The summed E-state index contributed by atoms with van der Waals surface area (Å²) >= 11 is 4.90. The zero-order chi connectivity index (χ0) is 11.8. The molecule has 0 spiro atoms. The van der Waals surface area contributed by atoms with Crippen molar-refractivity contribution in [1.29, 1.82) is 0 Å². The van der Waals surface area contributed by atoms with Crippen LogP contribution in [0.2, 0.25) is 0 Å². The maximum Gasteiger partial charge on any atom is 0.191 e. The van der Waals surface area contributed by atoms with Gasteiger partial charge in [-0.25, -0.2) is 0 Å². The quantitative estimate of drug-likeness (QED) is 0.646. The van der Waals surface area contributed by atoms with E-state index in [0.29, 0.717) is 23.0 Å². The molecule has 2 fully saturated rings. The summed E-state index contributed by atoms with van der Waals surface area (Å²) in [4.78, 5) is 0. The standard InChI is InChI=1S/C11H16BrN3OS/c12-5-9(16)6-17-11-14-13-10(7-1-2-7)15(11)8-3-4-8/h7-9,16H,1-6H2. The van der Waals surface area contributed by atoms with Gasteiger partial charge in [-0.05, 0) is 25.7 Å². The Kier molecular flexibility index (Phi) is 3.45. The number of thioether (sulfide) groups is 1. The van der Waals surface area contributed by atoms with Gasteiger partial charge < -0.3 is 9.67 Å². The lowest BCUT2D eigenvalue weighted by molar-refractivity contribution is 0.226. The lowest BCUT2D eigenvalue weighted by Crippen LogP contribution is -2.12. The summed E-state index contributed by atoms with van der Waals surface area (Å²) in [5.41, 5.74) is 0. The number of hydrogen-bond donors (Lipinski definition) is 1. The second kappa shape index (κ2) is 4.90. The molecule has 1 aromatic heterocycles. The van der Waals surface area contributed by atoms with E-state index in [-0.39, 0.29) is 6.10 Å². The van der Waals surface area contributed by atoms with Gasteiger partial charge in [0, 0.05) is 23.0 Å². The third kappa shape index (κ3) is 2.69. The van der Waals surface area contributed by atoms with E-state index in [0.717, 1.165) is 5.16 Å². The smallest absolute Gasteiger partial charge is 0.191 e. The average Bonchev–Trinajstić information content (AvgIpc) is 3.24. The Morgan fingerprint density at radius 3 is 2.71 bits per heavy atom. The minimum absolute atomic E-state index is 0.311. The molecule has 1 N–H and O–H groups in total. The molecular weight excluding hydrogens is 302 g/mol. The molecule has 2 aliphatic rings. The Labute approximate surface area is 113 Å². The Morgan fingerprint density at radius 1 is 1.35 bits per heavy atom. The topological polar surface area (TPSA) is 50.9 Å². The first-order valence-electron chi connectivity index (χ1n) is 6.11. The Hall–Kier alpha value is -0.0700. The molecule has 94 valence electrons. The van der Waals surface area contributed by atoms with Crippen molar-refractivity contribution in [2.75, 3.05) is 11.1 Å². The lowest BCUT2D eigenvalue weighted by Gasteiger charge is -2.09. The van der Waals surface area contributed by atoms with E-state index in [9.17, 15) is 5.11 Å². The van der Waals surface area contributed by atoms with Crippen molar-refractivity contribution < 1.29 is 5.11 Å².